The van der Waals surface area contributed by atoms with Gasteiger partial charge in [-0.25, -0.2) is 0 Å². The van der Waals surface area contributed by atoms with Crippen LogP contribution in [-0.4, -0.2) is 25.1 Å². The van der Waals surface area contributed by atoms with Crippen LogP contribution in [0.4, 0.5) is 0 Å². The van der Waals surface area contributed by atoms with Crippen molar-refractivity contribution in [3.8, 4) is 5.75 Å². The van der Waals surface area contributed by atoms with Crippen molar-refractivity contribution in [2.45, 2.75) is 52.0 Å². The monoisotopic (exact) mass is 304 g/mol. The van der Waals surface area contributed by atoms with Gasteiger partial charge in [0.25, 0.3) is 5.91 Å². The van der Waals surface area contributed by atoms with Crippen molar-refractivity contribution in [3.63, 3.8) is 0 Å². The Kier molecular flexibility index (Phi) is 6.25. The smallest absolute Gasteiger partial charge is 0.258 e. The first-order valence-corrected chi connectivity index (χ1v) is 8.29. The quantitative estimate of drug-likeness (QED) is 0.849. The molecule has 1 aliphatic carbocycles. The number of carbonyl (C=O) groups is 1. The number of rotatable bonds is 6. The minimum Gasteiger partial charge on any atom is -0.484 e. The number of hydrogen-bond acceptors (Lipinski definition) is 3. The van der Waals surface area contributed by atoms with E-state index >= 15 is 0 Å². The lowest BCUT2D eigenvalue weighted by Crippen LogP contribution is -2.47. The van der Waals surface area contributed by atoms with E-state index in [0.29, 0.717) is 12.5 Å². The van der Waals surface area contributed by atoms with Crippen LogP contribution in [0.2, 0.25) is 0 Å². The topological polar surface area (TPSA) is 64.3 Å². The minimum atomic E-state index is -0.0840. The maximum absolute atomic E-state index is 12.1. The molecule has 1 unspecified atom stereocenters. The van der Waals surface area contributed by atoms with E-state index in [2.05, 4.69) is 12.2 Å². The standard InChI is InChI=1S/C18H28N2O2/c1-13-8-9-16(10-14(13)2)22-12-18(21)20-17(11-19)15-6-4-3-5-7-15/h8-10,15,17H,3-7,11-12,19H2,1-2H3,(H,20,21). The zero-order valence-corrected chi connectivity index (χ0v) is 13.7. The zero-order valence-electron chi connectivity index (χ0n) is 13.7. The molecule has 2 rings (SSSR count). The van der Waals surface area contributed by atoms with Gasteiger partial charge in [-0.1, -0.05) is 25.3 Å². The van der Waals surface area contributed by atoms with Crippen LogP contribution in [-0.2, 0) is 4.79 Å². The number of nitrogens with two attached hydrogens (primary N) is 1. The highest BCUT2D eigenvalue weighted by Crippen LogP contribution is 2.26. The van der Waals surface area contributed by atoms with Crippen LogP contribution in [0.3, 0.4) is 0 Å². The van der Waals surface area contributed by atoms with E-state index in [4.69, 9.17) is 10.5 Å². The maximum atomic E-state index is 12.1. The van der Waals surface area contributed by atoms with Gasteiger partial charge in [0.05, 0.1) is 0 Å². The Morgan fingerprint density at radius 1 is 1.27 bits per heavy atom. The molecule has 0 aliphatic heterocycles. The predicted octanol–water partition coefficient (Wildman–Crippen LogP) is 2.71. The van der Waals surface area contributed by atoms with Gasteiger partial charge in [-0.3, -0.25) is 4.79 Å². The Hall–Kier alpha value is -1.55. The molecular weight excluding hydrogens is 276 g/mol. The second-order valence-electron chi connectivity index (χ2n) is 6.34. The van der Waals surface area contributed by atoms with Gasteiger partial charge in [0.2, 0.25) is 0 Å². The fraction of sp³-hybridized carbons (Fsp3) is 0.611. The molecule has 4 nitrogen and oxygen atoms in total. The largest absolute Gasteiger partial charge is 0.484 e. The molecule has 1 atom stereocenters. The molecule has 0 aromatic heterocycles. The van der Waals surface area contributed by atoms with Crippen LogP contribution in [0.5, 0.6) is 5.75 Å². The van der Waals surface area contributed by atoms with Crippen molar-refractivity contribution in [1.82, 2.24) is 5.32 Å². The molecule has 0 radical (unpaired) electrons. The van der Waals surface area contributed by atoms with Crippen molar-refractivity contribution in [3.05, 3.63) is 29.3 Å². The first-order chi connectivity index (χ1) is 10.6. The third kappa shape index (κ3) is 4.73. The number of hydrogen-bond donors (Lipinski definition) is 2. The summed E-state index contributed by atoms with van der Waals surface area (Å²) in [5, 5.41) is 3.04. The van der Waals surface area contributed by atoms with E-state index in [1.165, 1.54) is 43.2 Å². The molecule has 1 amide bonds. The van der Waals surface area contributed by atoms with Crippen molar-refractivity contribution in [2.24, 2.45) is 11.7 Å². The molecule has 0 heterocycles. The molecule has 3 N–H and O–H groups in total. The molecule has 22 heavy (non-hydrogen) atoms. The second kappa shape index (κ2) is 8.18. The molecule has 4 heteroatoms. The number of amides is 1. The van der Waals surface area contributed by atoms with Gasteiger partial charge < -0.3 is 15.8 Å². The molecule has 0 spiro atoms. The molecule has 1 aromatic carbocycles. The highest BCUT2D eigenvalue weighted by molar-refractivity contribution is 5.77. The Morgan fingerprint density at radius 2 is 2.00 bits per heavy atom. The van der Waals surface area contributed by atoms with E-state index < -0.39 is 0 Å². The number of ether oxygens (including phenoxy) is 1. The predicted molar refractivity (Wildman–Crippen MR) is 89.0 cm³/mol. The summed E-state index contributed by atoms with van der Waals surface area (Å²) < 4.78 is 5.58. The fourth-order valence-corrected chi connectivity index (χ4v) is 3.11. The summed E-state index contributed by atoms with van der Waals surface area (Å²) in [5.74, 6) is 1.17. The Morgan fingerprint density at radius 3 is 2.64 bits per heavy atom. The molecule has 0 bridgehead atoms. The summed E-state index contributed by atoms with van der Waals surface area (Å²) in [7, 11) is 0. The highest BCUT2D eigenvalue weighted by Gasteiger charge is 2.23. The first-order valence-electron chi connectivity index (χ1n) is 8.29. The summed E-state index contributed by atoms with van der Waals surface area (Å²) in [4.78, 5) is 12.1. The molecule has 122 valence electrons. The van der Waals surface area contributed by atoms with Gasteiger partial charge in [-0.15, -0.1) is 0 Å². The van der Waals surface area contributed by atoms with Crippen molar-refractivity contribution in [2.75, 3.05) is 13.2 Å². The van der Waals surface area contributed by atoms with E-state index in [0.717, 1.165) is 5.75 Å². The molecule has 0 saturated heterocycles. The summed E-state index contributed by atoms with van der Waals surface area (Å²) in [6.07, 6.45) is 6.13. The van der Waals surface area contributed by atoms with E-state index in [1.807, 2.05) is 25.1 Å². The van der Waals surface area contributed by atoms with E-state index in [-0.39, 0.29) is 18.6 Å². The average Bonchev–Trinajstić information content (AvgIpc) is 2.54. The number of nitrogens with one attached hydrogen (secondary N) is 1. The summed E-state index contributed by atoms with van der Waals surface area (Å²) >= 11 is 0. The van der Waals surface area contributed by atoms with Crippen molar-refractivity contribution >= 4 is 5.91 Å². The average molecular weight is 304 g/mol. The van der Waals surface area contributed by atoms with Crippen LogP contribution in [0.15, 0.2) is 18.2 Å². The lowest BCUT2D eigenvalue weighted by atomic mass is 9.84. The highest BCUT2D eigenvalue weighted by atomic mass is 16.5. The molecule has 1 aromatic rings. The lowest BCUT2D eigenvalue weighted by Gasteiger charge is -2.30. The maximum Gasteiger partial charge on any atom is 0.258 e. The van der Waals surface area contributed by atoms with Crippen LogP contribution in [0.25, 0.3) is 0 Å². The van der Waals surface area contributed by atoms with Crippen LogP contribution in [0, 0.1) is 19.8 Å². The van der Waals surface area contributed by atoms with Gasteiger partial charge in [0, 0.05) is 12.6 Å². The van der Waals surface area contributed by atoms with Gasteiger partial charge >= 0.3 is 0 Å². The number of aryl methyl sites for hydroxylation is 2. The van der Waals surface area contributed by atoms with Crippen molar-refractivity contribution in [1.29, 1.82) is 0 Å². The molecule has 1 aliphatic rings. The third-order valence-electron chi connectivity index (χ3n) is 4.67. The second-order valence-corrected chi connectivity index (χ2v) is 6.34. The van der Waals surface area contributed by atoms with Crippen molar-refractivity contribution < 1.29 is 9.53 Å². The Bertz CT molecular complexity index is 496. The van der Waals surface area contributed by atoms with Crippen LogP contribution < -0.4 is 15.8 Å². The zero-order chi connectivity index (χ0) is 15.9. The SMILES string of the molecule is Cc1ccc(OCC(=O)NC(CN)C2CCCCC2)cc1C. The van der Waals surface area contributed by atoms with E-state index in [1.54, 1.807) is 0 Å². The van der Waals surface area contributed by atoms with Crippen LogP contribution in [0.1, 0.15) is 43.2 Å². The summed E-state index contributed by atoms with van der Waals surface area (Å²) in [5.41, 5.74) is 8.23. The Balaban J connectivity index is 1.81. The van der Waals surface area contributed by atoms with Gasteiger partial charge in [-0.05, 0) is 55.9 Å². The molecule has 1 saturated carbocycles. The summed E-state index contributed by atoms with van der Waals surface area (Å²) in [6, 6.07) is 5.95. The first kappa shape index (κ1) is 16.8. The summed E-state index contributed by atoms with van der Waals surface area (Å²) in [6.45, 7) is 4.64. The molecular formula is C18H28N2O2. The number of carbonyl (C=O) groups excluding carboxylic acids is 1. The third-order valence-corrected chi connectivity index (χ3v) is 4.67. The van der Waals surface area contributed by atoms with E-state index in [9.17, 15) is 4.79 Å². The normalized spacial score (nSPS) is 17.0. The minimum absolute atomic E-state index is 0.0473. The van der Waals surface area contributed by atoms with Crippen LogP contribution >= 0.6 is 0 Å². The van der Waals surface area contributed by atoms with Gasteiger partial charge in [0.1, 0.15) is 5.75 Å². The lowest BCUT2D eigenvalue weighted by molar-refractivity contribution is -0.124. The fourth-order valence-electron chi connectivity index (χ4n) is 3.11. The van der Waals surface area contributed by atoms with Gasteiger partial charge in [-0.2, -0.15) is 0 Å². The van der Waals surface area contributed by atoms with Gasteiger partial charge in [0.15, 0.2) is 6.61 Å². The Labute approximate surface area is 133 Å². The number of benzene rings is 1. The molecule has 1 fully saturated rings.